The highest BCUT2D eigenvalue weighted by Gasteiger charge is 2.06. The maximum absolute atomic E-state index is 9.60. The molecule has 0 spiro atoms. The van der Waals surface area contributed by atoms with Gasteiger partial charge in [0.2, 0.25) is 0 Å². The van der Waals surface area contributed by atoms with Crippen LogP contribution >= 0.6 is 11.3 Å². The summed E-state index contributed by atoms with van der Waals surface area (Å²) in [6, 6.07) is 22.2. The number of anilines is 1. The summed E-state index contributed by atoms with van der Waals surface area (Å²) < 4.78 is 1.08. The maximum atomic E-state index is 9.60. The Morgan fingerprint density at radius 2 is 1.48 bits per heavy atom. The predicted octanol–water partition coefficient (Wildman–Crippen LogP) is 5.91. The summed E-state index contributed by atoms with van der Waals surface area (Å²) in [7, 11) is 4.08. The van der Waals surface area contributed by atoms with Gasteiger partial charge < -0.3 is 10.0 Å². The molecule has 0 saturated heterocycles. The van der Waals surface area contributed by atoms with Crippen molar-refractivity contribution in [3.63, 3.8) is 0 Å². The molecule has 0 saturated carbocycles. The van der Waals surface area contributed by atoms with Crippen molar-refractivity contribution in [2.45, 2.75) is 0 Å². The molecule has 0 unspecified atom stereocenters. The lowest BCUT2D eigenvalue weighted by Gasteiger charge is -2.11. The molecule has 0 bridgehead atoms. The highest BCUT2D eigenvalue weighted by atomic mass is 32.1. The number of aromatic hydroxyl groups is 1. The van der Waals surface area contributed by atoms with Crippen LogP contribution in [-0.4, -0.2) is 24.2 Å². The fraction of sp³-hybridized carbons (Fsp3) is 0.0870. The Balaban J connectivity index is 1.52. The number of phenolic OH excluding ortho intramolecular Hbond substituents is 1. The second-order valence-corrected chi connectivity index (χ2v) is 7.64. The molecule has 0 radical (unpaired) electrons. The molecule has 134 valence electrons. The van der Waals surface area contributed by atoms with Crippen LogP contribution in [0.4, 0.5) is 5.69 Å². The third-order valence-electron chi connectivity index (χ3n) is 4.41. The molecule has 4 rings (SSSR count). The van der Waals surface area contributed by atoms with Gasteiger partial charge in [-0.05, 0) is 35.4 Å². The summed E-state index contributed by atoms with van der Waals surface area (Å²) in [5.41, 5.74) is 5.44. The Morgan fingerprint density at radius 3 is 2.11 bits per heavy atom. The molecule has 4 heteroatoms. The quantitative estimate of drug-likeness (QED) is 0.453. The third kappa shape index (κ3) is 3.86. The molecule has 1 heterocycles. The zero-order valence-corrected chi connectivity index (χ0v) is 16.1. The van der Waals surface area contributed by atoms with Crippen molar-refractivity contribution in [2.24, 2.45) is 0 Å². The van der Waals surface area contributed by atoms with Gasteiger partial charge in [0, 0.05) is 31.4 Å². The fourth-order valence-electron chi connectivity index (χ4n) is 2.85. The minimum Gasteiger partial charge on any atom is -0.508 e. The van der Waals surface area contributed by atoms with Crippen LogP contribution in [-0.2, 0) is 0 Å². The highest BCUT2D eigenvalue weighted by Crippen LogP contribution is 2.32. The SMILES string of the molecule is CN(C)c1ccc(/C=C/c2ccc(-c3nc4cc(O)ccc4s3)cc2)cc1. The van der Waals surface area contributed by atoms with Crippen molar-refractivity contribution in [3.8, 4) is 16.3 Å². The molecule has 3 aromatic carbocycles. The molecule has 0 atom stereocenters. The Hall–Kier alpha value is -3.11. The summed E-state index contributed by atoms with van der Waals surface area (Å²) in [4.78, 5) is 6.72. The van der Waals surface area contributed by atoms with Gasteiger partial charge >= 0.3 is 0 Å². The number of aromatic nitrogens is 1. The van der Waals surface area contributed by atoms with E-state index in [4.69, 9.17) is 0 Å². The number of hydrogen-bond acceptors (Lipinski definition) is 4. The van der Waals surface area contributed by atoms with Gasteiger partial charge in [-0.15, -0.1) is 11.3 Å². The zero-order valence-electron chi connectivity index (χ0n) is 15.3. The van der Waals surface area contributed by atoms with E-state index < -0.39 is 0 Å². The minimum absolute atomic E-state index is 0.249. The van der Waals surface area contributed by atoms with Crippen LogP contribution in [0, 0.1) is 0 Å². The van der Waals surface area contributed by atoms with Crippen LogP contribution in [0.5, 0.6) is 5.75 Å². The third-order valence-corrected chi connectivity index (χ3v) is 5.49. The summed E-state index contributed by atoms with van der Waals surface area (Å²) in [5, 5.41) is 10.6. The average Bonchev–Trinajstić information content (AvgIpc) is 3.10. The van der Waals surface area contributed by atoms with Crippen LogP contribution in [0.2, 0.25) is 0 Å². The lowest BCUT2D eigenvalue weighted by molar-refractivity contribution is 0.476. The number of rotatable bonds is 4. The molecule has 0 amide bonds. The van der Waals surface area contributed by atoms with Crippen molar-refractivity contribution in [1.29, 1.82) is 0 Å². The van der Waals surface area contributed by atoms with Gasteiger partial charge in [-0.3, -0.25) is 0 Å². The van der Waals surface area contributed by atoms with Crippen molar-refractivity contribution >= 4 is 39.4 Å². The van der Waals surface area contributed by atoms with E-state index in [1.54, 1.807) is 23.5 Å². The van der Waals surface area contributed by atoms with Gasteiger partial charge in [-0.25, -0.2) is 4.98 Å². The van der Waals surface area contributed by atoms with E-state index in [0.29, 0.717) is 0 Å². The minimum atomic E-state index is 0.249. The molecule has 1 N–H and O–H groups in total. The van der Waals surface area contributed by atoms with Gasteiger partial charge in [-0.1, -0.05) is 48.6 Å². The molecule has 27 heavy (non-hydrogen) atoms. The zero-order chi connectivity index (χ0) is 18.8. The van der Waals surface area contributed by atoms with Gasteiger partial charge in [-0.2, -0.15) is 0 Å². The van der Waals surface area contributed by atoms with Crippen molar-refractivity contribution < 1.29 is 5.11 Å². The predicted molar refractivity (Wildman–Crippen MR) is 116 cm³/mol. The lowest BCUT2D eigenvalue weighted by Crippen LogP contribution is -2.07. The molecule has 0 aliphatic rings. The average molecular weight is 372 g/mol. The number of phenols is 1. The summed E-state index contributed by atoms with van der Waals surface area (Å²) in [6.45, 7) is 0. The number of nitrogens with zero attached hydrogens (tertiary/aromatic N) is 2. The van der Waals surface area contributed by atoms with Gasteiger partial charge in [0.15, 0.2) is 0 Å². The van der Waals surface area contributed by atoms with Crippen molar-refractivity contribution in [3.05, 3.63) is 77.9 Å². The number of thiazole rings is 1. The molecule has 0 fully saturated rings. The lowest BCUT2D eigenvalue weighted by atomic mass is 10.1. The first kappa shape index (κ1) is 17.3. The van der Waals surface area contributed by atoms with Crippen LogP contribution in [0.3, 0.4) is 0 Å². The summed E-state index contributed by atoms with van der Waals surface area (Å²) in [5.74, 6) is 0.249. The first-order valence-corrected chi connectivity index (χ1v) is 9.56. The second kappa shape index (κ2) is 7.25. The highest BCUT2D eigenvalue weighted by molar-refractivity contribution is 7.21. The number of hydrogen-bond donors (Lipinski definition) is 1. The Morgan fingerprint density at radius 1 is 0.852 bits per heavy atom. The second-order valence-electron chi connectivity index (χ2n) is 6.61. The smallest absolute Gasteiger partial charge is 0.124 e. The van der Waals surface area contributed by atoms with E-state index in [1.165, 1.54) is 11.3 Å². The van der Waals surface area contributed by atoms with E-state index in [0.717, 1.165) is 26.4 Å². The van der Waals surface area contributed by atoms with Crippen LogP contribution in [0.25, 0.3) is 32.9 Å². The molecule has 3 nitrogen and oxygen atoms in total. The van der Waals surface area contributed by atoms with Crippen molar-refractivity contribution in [2.75, 3.05) is 19.0 Å². The van der Waals surface area contributed by atoms with E-state index in [-0.39, 0.29) is 5.75 Å². The van der Waals surface area contributed by atoms with Gasteiger partial charge in [0.05, 0.1) is 10.2 Å². The summed E-state index contributed by atoms with van der Waals surface area (Å²) >= 11 is 1.63. The molecular formula is C23H20N2OS. The molecule has 4 aromatic rings. The van der Waals surface area contributed by atoms with Crippen molar-refractivity contribution in [1.82, 2.24) is 4.98 Å². The standard InChI is InChI=1S/C23H20N2OS/c1-25(2)19-11-7-17(8-12-19)4-3-16-5-9-18(10-6-16)23-24-21-15-20(26)13-14-22(21)27-23/h3-15,26H,1-2H3/b4-3+. The molecular weight excluding hydrogens is 352 g/mol. The van der Waals surface area contributed by atoms with Gasteiger partial charge in [0.1, 0.15) is 10.8 Å². The van der Waals surface area contributed by atoms with E-state index in [1.807, 2.05) is 20.2 Å². The Bertz CT molecular complexity index is 1090. The molecule has 0 aliphatic heterocycles. The normalized spacial score (nSPS) is 11.3. The Kier molecular flexibility index (Phi) is 4.65. The van der Waals surface area contributed by atoms with E-state index >= 15 is 0 Å². The fourth-order valence-corrected chi connectivity index (χ4v) is 3.80. The van der Waals surface area contributed by atoms with E-state index in [2.05, 4.69) is 70.6 Å². The molecule has 1 aromatic heterocycles. The first-order chi connectivity index (χ1) is 13.1. The van der Waals surface area contributed by atoms with E-state index in [9.17, 15) is 5.11 Å². The monoisotopic (exact) mass is 372 g/mol. The van der Waals surface area contributed by atoms with Gasteiger partial charge in [0.25, 0.3) is 0 Å². The molecule has 0 aliphatic carbocycles. The van der Waals surface area contributed by atoms with Crippen LogP contribution in [0.15, 0.2) is 66.7 Å². The summed E-state index contributed by atoms with van der Waals surface area (Å²) in [6.07, 6.45) is 4.24. The first-order valence-electron chi connectivity index (χ1n) is 8.74. The largest absolute Gasteiger partial charge is 0.508 e. The topological polar surface area (TPSA) is 36.4 Å². The van der Waals surface area contributed by atoms with Crippen LogP contribution in [0.1, 0.15) is 11.1 Å². The van der Waals surface area contributed by atoms with Crippen LogP contribution < -0.4 is 4.90 Å². The Labute approximate surface area is 162 Å². The number of benzene rings is 3. The maximum Gasteiger partial charge on any atom is 0.124 e. The number of fused-ring (bicyclic) bond motifs is 1.